The molecule has 0 amide bonds. The predicted octanol–water partition coefficient (Wildman–Crippen LogP) is 2.67. The second-order valence-corrected chi connectivity index (χ2v) is 6.02. The van der Waals surface area contributed by atoms with Crippen LogP contribution in [-0.2, 0) is 12.8 Å². The van der Waals surface area contributed by atoms with Gasteiger partial charge in [-0.15, -0.1) is 0 Å². The molecule has 0 bridgehead atoms. The summed E-state index contributed by atoms with van der Waals surface area (Å²) < 4.78 is 18.4. The van der Waals surface area contributed by atoms with Gasteiger partial charge >= 0.3 is 0 Å². The number of benzene rings is 1. The number of nitrogens with one attached hydrogen (secondary N) is 2. The van der Waals surface area contributed by atoms with E-state index in [4.69, 9.17) is 4.52 Å². The Bertz CT molecular complexity index is 684. The third kappa shape index (κ3) is 6.52. The highest BCUT2D eigenvalue weighted by Crippen LogP contribution is 2.09. The van der Waals surface area contributed by atoms with Crippen LogP contribution in [0, 0.1) is 5.82 Å². The molecule has 2 rings (SSSR count). The molecule has 0 aliphatic carbocycles. The molecule has 0 fully saturated rings. The number of aliphatic imine (C=N–C) groups is 1. The fourth-order valence-electron chi connectivity index (χ4n) is 2.23. The summed E-state index contributed by atoms with van der Waals surface area (Å²) in [6.07, 6.45) is 1.32. The van der Waals surface area contributed by atoms with Crippen molar-refractivity contribution in [1.29, 1.82) is 0 Å². The molecule has 0 saturated heterocycles. The summed E-state index contributed by atoms with van der Waals surface area (Å²) >= 11 is 0. The first kappa shape index (κ1) is 18.9. The van der Waals surface area contributed by atoms with Crippen LogP contribution < -0.4 is 10.6 Å². The van der Waals surface area contributed by atoms with Crippen LogP contribution in [0.15, 0.2) is 33.8 Å². The molecule has 0 aliphatic rings. The van der Waals surface area contributed by atoms with E-state index in [1.165, 1.54) is 6.07 Å². The third-order valence-electron chi connectivity index (χ3n) is 3.54. The molecule has 2 N–H and O–H groups in total. The Kier molecular flexibility index (Phi) is 7.37. The van der Waals surface area contributed by atoms with Gasteiger partial charge in [0, 0.05) is 25.4 Å². The van der Waals surface area contributed by atoms with Crippen molar-refractivity contribution in [2.75, 3.05) is 19.6 Å². The average molecular weight is 347 g/mol. The topological polar surface area (TPSA) is 75.3 Å². The zero-order valence-corrected chi connectivity index (χ0v) is 15.1. The maximum atomic E-state index is 13.2. The number of halogens is 1. The van der Waals surface area contributed by atoms with Crippen molar-refractivity contribution in [2.45, 2.75) is 39.5 Å². The summed E-state index contributed by atoms with van der Waals surface area (Å²) in [5, 5.41) is 10.4. The van der Waals surface area contributed by atoms with E-state index in [9.17, 15) is 4.39 Å². The molecule has 0 radical (unpaired) electrons. The zero-order chi connectivity index (χ0) is 18.1. The minimum Gasteiger partial charge on any atom is -0.357 e. The van der Waals surface area contributed by atoms with E-state index in [-0.39, 0.29) is 11.7 Å². The van der Waals surface area contributed by atoms with Gasteiger partial charge in [-0.3, -0.25) is 4.99 Å². The van der Waals surface area contributed by atoms with Crippen LogP contribution in [0.25, 0.3) is 0 Å². The fourth-order valence-corrected chi connectivity index (χ4v) is 2.23. The molecule has 136 valence electrons. The maximum Gasteiger partial charge on any atom is 0.228 e. The summed E-state index contributed by atoms with van der Waals surface area (Å²) in [6.45, 7) is 8.06. The number of hydrogen-bond donors (Lipinski definition) is 2. The monoisotopic (exact) mass is 347 g/mol. The molecule has 0 spiro atoms. The Morgan fingerprint density at radius 3 is 2.80 bits per heavy atom. The fraction of sp³-hybridized carbons (Fsp3) is 0.500. The molecule has 0 atom stereocenters. The summed E-state index contributed by atoms with van der Waals surface area (Å²) in [5.74, 6) is 2.09. The lowest BCUT2D eigenvalue weighted by atomic mass is 10.1. The lowest BCUT2D eigenvalue weighted by molar-refractivity contribution is 0.372. The second-order valence-electron chi connectivity index (χ2n) is 6.02. The van der Waals surface area contributed by atoms with Crippen LogP contribution in [-0.4, -0.2) is 35.7 Å². The third-order valence-corrected chi connectivity index (χ3v) is 3.54. The predicted molar refractivity (Wildman–Crippen MR) is 96.2 cm³/mol. The molecule has 1 aromatic carbocycles. The van der Waals surface area contributed by atoms with Crippen LogP contribution in [0.2, 0.25) is 0 Å². The Hall–Kier alpha value is -2.44. The average Bonchev–Trinajstić information content (AvgIpc) is 3.04. The van der Waals surface area contributed by atoms with E-state index in [0.29, 0.717) is 25.4 Å². The first-order valence-electron chi connectivity index (χ1n) is 8.67. The van der Waals surface area contributed by atoms with Crippen molar-refractivity contribution >= 4 is 5.96 Å². The number of guanidine groups is 1. The summed E-state index contributed by atoms with van der Waals surface area (Å²) in [5.41, 5.74) is 0.954. The van der Waals surface area contributed by atoms with E-state index in [2.05, 4.69) is 25.8 Å². The van der Waals surface area contributed by atoms with Gasteiger partial charge < -0.3 is 15.2 Å². The normalized spacial score (nSPS) is 11.8. The number of nitrogens with zero attached hydrogens (tertiary/aromatic N) is 3. The second kappa shape index (κ2) is 9.76. The van der Waals surface area contributed by atoms with Crippen LogP contribution in [0.1, 0.15) is 44.0 Å². The summed E-state index contributed by atoms with van der Waals surface area (Å²) in [4.78, 5) is 8.84. The molecular formula is C18H26FN5O. The molecule has 25 heavy (non-hydrogen) atoms. The van der Waals surface area contributed by atoms with E-state index in [1.54, 1.807) is 12.1 Å². The molecular weight excluding hydrogens is 321 g/mol. The van der Waals surface area contributed by atoms with E-state index < -0.39 is 0 Å². The van der Waals surface area contributed by atoms with Gasteiger partial charge in [-0.25, -0.2) is 4.39 Å². The highest BCUT2D eigenvalue weighted by Gasteiger charge is 2.09. The van der Waals surface area contributed by atoms with Crippen molar-refractivity contribution in [3.63, 3.8) is 0 Å². The van der Waals surface area contributed by atoms with Gasteiger partial charge in [0.15, 0.2) is 11.8 Å². The maximum absolute atomic E-state index is 13.2. The van der Waals surface area contributed by atoms with Crippen molar-refractivity contribution < 1.29 is 8.91 Å². The molecule has 0 saturated carbocycles. The van der Waals surface area contributed by atoms with Gasteiger partial charge in [0.1, 0.15) is 5.82 Å². The van der Waals surface area contributed by atoms with Crippen LogP contribution >= 0.6 is 0 Å². The lowest BCUT2D eigenvalue weighted by Gasteiger charge is -2.11. The highest BCUT2D eigenvalue weighted by atomic mass is 19.1. The quantitative estimate of drug-likeness (QED) is 0.567. The Morgan fingerprint density at radius 1 is 1.28 bits per heavy atom. The van der Waals surface area contributed by atoms with Crippen molar-refractivity contribution in [2.24, 2.45) is 4.99 Å². The van der Waals surface area contributed by atoms with Gasteiger partial charge in [0.05, 0.1) is 6.54 Å². The van der Waals surface area contributed by atoms with Crippen LogP contribution in [0.5, 0.6) is 0 Å². The van der Waals surface area contributed by atoms with Gasteiger partial charge in [0.2, 0.25) is 5.89 Å². The van der Waals surface area contributed by atoms with Crippen molar-refractivity contribution in [1.82, 2.24) is 20.8 Å². The lowest BCUT2D eigenvalue weighted by Crippen LogP contribution is -2.38. The van der Waals surface area contributed by atoms with Crippen molar-refractivity contribution in [3.8, 4) is 0 Å². The summed E-state index contributed by atoms with van der Waals surface area (Å²) in [7, 11) is 0. The highest BCUT2D eigenvalue weighted by molar-refractivity contribution is 5.79. The van der Waals surface area contributed by atoms with E-state index in [1.807, 2.05) is 26.8 Å². The van der Waals surface area contributed by atoms with Crippen molar-refractivity contribution in [3.05, 3.63) is 47.4 Å². The molecule has 1 heterocycles. The standard InChI is InChI=1S/C18H26FN5O/c1-4-20-18(21-10-8-14-6-5-7-15(19)12-14)22-11-9-16-23-17(13(2)3)24-25-16/h5-7,12-13H,4,8-11H2,1-3H3,(H2,20,21,22). The number of aromatic nitrogens is 2. The van der Waals surface area contributed by atoms with Gasteiger partial charge in [-0.2, -0.15) is 4.98 Å². The minimum atomic E-state index is -0.210. The Balaban J connectivity index is 1.80. The van der Waals surface area contributed by atoms with Gasteiger partial charge in [0.25, 0.3) is 0 Å². The van der Waals surface area contributed by atoms with Gasteiger partial charge in [-0.05, 0) is 31.0 Å². The minimum absolute atomic E-state index is 0.210. The van der Waals surface area contributed by atoms with E-state index >= 15 is 0 Å². The Labute approximate surface area is 147 Å². The molecule has 6 nitrogen and oxygen atoms in total. The van der Waals surface area contributed by atoms with Crippen LogP contribution in [0.4, 0.5) is 4.39 Å². The number of rotatable bonds is 8. The summed E-state index contributed by atoms with van der Waals surface area (Å²) in [6, 6.07) is 6.63. The van der Waals surface area contributed by atoms with E-state index in [0.717, 1.165) is 30.3 Å². The van der Waals surface area contributed by atoms with Crippen LogP contribution in [0.3, 0.4) is 0 Å². The smallest absolute Gasteiger partial charge is 0.228 e. The first-order valence-corrected chi connectivity index (χ1v) is 8.67. The first-order chi connectivity index (χ1) is 12.1. The number of hydrogen-bond acceptors (Lipinski definition) is 4. The molecule has 7 heteroatoms. The zero-order valence-electron chi connectivity index (χ0n) is 15.1. The van der Waals surface area contributed by atoms with Gasteiger partial charge in [-0.1, -0.05) is 31.1 Å². The largest absolute Gasteiger partial charge is 0.357 e. The molecule has 0 unspecified atom stereocenters. The molecule has 0 aliphatic heterocycles. The SMILES string of the molecule is CCNC(=NCCc1nc(C(C)C)no1)NCCc1cccc(F)c1. The Morgan fingerprint density at radius 2 is 2.12 bits per heavy atom. The molecule has 2 aromatic rings. The molecule has 1 aromatic heterocycles.